The second-order valence-corrected chi connectivity index (χ2v) is 6.18. The van der Waals surface area contributed by atoms with Crippen molar-refractivity contribution in [3.05, 3.63) is 34.3 Å². The zero-order valence-electron chi connectivity index (χ0n) is 10.1. The number of rotatable bonds is 4. The summed E-state index contributed by atoms with van der Waals surface area (Å²) in [5.41, 5.74) is 1.19. The van der Waals surface area contributed by atoms with Gasteiger partial charge in [0, 0.05) is 17.6 Å². The van der Waals surface area contributed by atoms with Crippen LogP contribution in [0.25, 0.3) is 0 Å². The maximum Gasteiger partial charge on any atom is 0.0914 e. The number of nitrogens with one attached hydrogen (secondary N) is 1. The van der Waals surface area contributed by atoms with Gasteiger partial charge < -0.3 is 10.4 Å². The Hall–Kier alpha value is -0.380. The number of benzene rings is 1. The van der Waals surface area contributed by atoms with Gasteiger partial charge in [-0.05, 0) is 23.1 Å². The van der Waals surface area contributed by atoms with E-state index in [2.05, 4.69) is 42.0 Å². The highest BCUT2D eigenvalue weighted by Crippen LogP contribution is 2.18. The Kier molecular flexibility index (Phi) is 4.96. The molecular weight excluding hydrogens is 266 g/mol. The molecule has 0 heterocycles. The largest absolute Gasteiger partial charge is 0.387 e. The van der Waals surface area contributed by atoms with E-state index in [1.807, 2.05) is 24.3 Å². The van der Waals surface area contributed by atoms with Gasteiger partial charge in [0.05, 0.1) is 6.10 Å². The van der Waals surface area contributed by atoms with Crippen molar-refractivity contribution >= 4 is 15.9 Å². The predicted molar refractivity (Wildman–Crippen MR) is 71.4 cm³/mol. The van der Waals surface area contributed by atoms with Crippen LogP contribution in [0.4, 0.5) is 0 Å². The summed E-state index contributed by atoms with van der Waals surface area (Å²) in [5.74, 6) is 0. The van der Waals surface area contributed by atoms with E-state index < -0.39 is 6.10 Å². The van der Waals surface area contributed by atoms with Gasteiger partial charge >= 0.3 is 0 Å². The van der Waals surface area contributed by atoms with Crippen LogP contribution < -0.4 is 5.32 Å². The monoisotopic (exact) mass is 285 g/mol. The van der Waals surface area contributed by atoms with E-state index in [4.69, 9.17) is 0 Å². The highest BCUT2D eigenvalue weighted by atomic mass is 79.9. The van der Waals surface area contributed by atoms with E-state index in [1.54, 1.807) is 0 Å². The van der Waals surface area contributed by atoms with Crippen molar-refractivity contribution in [2.75, 3.05) is 13.1 Å². The maximum absolute atomic E-state index is 9.96. The summed E-state index contributed by atoms with van der Waals surface area (Å²) in [6.45, 7) is 8.01. The van der Waals surface area contributed by atoms with E-state index in [-0.39, 0.29) is 5.41 Å². The van der Waals surface area contributed by atoms with Gasteiger partial charge in [0.1, 0.15) is 0 Å². The van der Waals surface area contributed by atoms with Crippen LogP contribution in [0.2, 0.25) is 0 Å². The minimum absolute atomic E-state index is 0.247. The minimum atomic E-state index is -0.445. The van der Waals surface area contributed by atoms with Gasteiger partial charge in [-0.3, -0.25) is 0 Å². The van der Waals surface area contributed by atoms with Crippen molar-refractivity contribution < 1.29 is 5.11 Å². The lowest BCUT2D eigenvalue weighted by Crippen LogP contribution is -2.30. The van der Waals surface area contributed by atoms with Gasteiger partial charge in [0.25, 0.3) is 0 Å². The third-order valence-corrected chi connectivity index (χ3v) is 2.72. The molecule has 1 aromatic carbocycles. The molecule has 0 saturated heterocycles. The molecular formula is C13H20BrNO. The molecule has 0 saturated carbocycles. The number of halogens is 1. The topological polar surface area (TPSA) is 32.3 Å². The number of aliphatic hydroxyl groups is 1. The second kappa shape index (κ2) is 5.80. The summed E-state index contributed by atoms with van der Waals surface area (Å²) in [4.78, 5) is 0. The van der Waals surface area contributed by atoms with Crippen LogP contribution in [-0.2, 0) is 0 Å². The van der Waals surface area contributed by atoms with Gasteiger partial charge in [-0.15, -0.1) is 0 Å². The Bertz CT molecular complexity index is 333. The molecule has 0 aliphatic heterocycles. The summed E-state index contributed by atoms with van der Waals surface area (Å²) in [7, 11) is 0. The van der Waals surface area contributed by atoms with Gasteiger partial charge in [-0.1, -0.05) is 48.8 Å². The van der Waals surface area contributed by atoms with Gasteiger partial charge in [-0.2, -0.15) is 0 Å². The van der Waals surface area contributed by atoms with Crippen LogP contribution in [0, 0.1) is 5.41 Å². The third-order valence-electron chi connectivity index (χ3n) is 2.23. The maximum atomic E-state index is 9.96. The second-order valence-electron chi connectivity index (χ2n) is 5.26. The molecule has 1 atom stereocenters. The summed E-state index contributed by atoms with van der Waals surface area (Å²) in [5, 5.41) is 13.2. The van der Waals surface area contributed by atoms with E-state index >= 15 is 0 Å². The lowest BCUT2D eigenvalue weighted by molar-refractivity contribution is 0.169. The molecule has 0 aliphatic carbocycles. The predicted octanol–water partition coefficient (Wildman–Crippen LogP) is 3.12. The molecule has 0 fully saturated rings. The average molecular weight is 286 g/mol. The minimum Gasteiger partial charge on any atom is -0.387 e. The van der Waals surface area contributed by atoms with Crippen LogP contribution in [0.15, 0.2) is 28.7 Å². The van der Waals surface area contributed by atoms with Crippen LogP contribution in [-0.4, -0.2) is 18.2 Å². The Morgan fingerprint density at radius 2 is 2.06 bits per heavy atom. The molecule has 0 amide bonds. The molecule has 16 heavy (non-hydrogen) atoms. The molecule has 90 valence electrons. The van der Waals surface area contributed by atoms with E-state index in [0.29, 0.717) is 6.54 Å². The highest BCUT2D eigenvalue weighted by molar-refractivity contribution is 9.10. The van der Waals surface area contributed by atoms with Crippen LogP contribution in [0.5, 0.6) is 0 Å². The van der Waals surface area contributed by atoms with Crippen LogP contribution >= 0.6 is 15.9 Å². The standard InChI is InChI=1S/C13H20BrNO/c1-13(2,3)9-15-8-12(16)10-5-4-6-11(14)7-10/h4-7,12,15-16H,8-9H2,1-3H3. The quantitative estimate of drug-likeness (QED) is 0.891. The number of aliphatic hydroxyl groups excluding tert-OH is 1. The summed E-state index contributed by atoms with van der Waals surface area (Å²) >= 11 is 3.40. The van der Waals surface area contributed by atoms with Crippen molar-refractivity contribution in [3.63, 3.8) is 0 Å². The van der Waals surface area contributed by atoms with Crippen molar-refractivity contribution in [2.45, 2.75) is 26.9 Å². The zero-order chi connectivity index (χ0) is 12.2. The van der Waals surface area contributed by atoms with Crippen LogP contribution in [0.1, 0.15) is 32.4 Å². The van der Waals surface area contributed by atoms with Crippen molar-refractivity contribution in [2.24, 2.45) is 5.41 Å². The van der Waals surface area contributed by atoms with Crippen molar-refractivity contribution in [3.8, 4) is 0 Å². The van der Waals surface area contributed by atoms with Crippen molar-refractivity contribution in [1.29, 1.82) is 0 Å². The van der Waals surface area contributed by atoms with Crippen molar-refractivity contribution in [1.82, 2.24) is 5.32 Å². The molecule has 2 N–H and O–H groups in total. The summed E-state index contributed by atoms with van der Waals surface area (Å²) in [6, 6.07) is 7.78. The fraction of sp³-hybridized carbons (Fsp3) is 0.538. The molecule has 0 bridgehead atoms. The lowest BCUT2D eigenvalue weighted by atomic mass is 9.97. The molecule has 1 aromatic rings. The first-order chi connectivity index (χ1) is 7.38. The SMILES string of the molecule is CC(C)(C)CNCC(O)c1cccc(Br)c1. The zero-order valence-corrected chi connectivity index (χ0v) is 11.7. The smallest absolute Gasteiger partial charge is 0.0914 e. The lowest BCUT2D eigenvalue weighted by Gasteiger charge is -2.20. The molecule has 0 aliphatic rings. The average Bonchev–Trinajstić information content (AvgIpc) is 2.15. The molecule has 0 radical (unpaired) electrons. The first-order valence-electron chi connectivity index (χ1n) is 5.53. The first kappa shape index (κ1) is 13.7. The molecule has 3 heteroatoms. The Labute approximate surface area is 106 Å². The van der Waals surface area contributed by atoms with Gasteiger partial charge in [0.15, 0.2) is 0 Å². The van der Waals surface area contributed by atoms with Gasteiger partial charge in [0.2, 0.25) is 0 Å². The molecule has 1 unspecified atom stereocenters. The van der Waals surface area contributed by atoms with E-state index in [1.165, 1.54) is 0 Å². The summed E-state index contributed by atoms with van der Waals surface area (Å²) < 4.78 is 1.000. The third kappa shape index (κ3) is 5.10. The molecule has 2 nitrogen and oxygen atoms in total. The Morgan fingerprint density at radius 1 is 1.38 bits per heavy atom. The van der Waals surface area contributed by atoms with E-state index in [9.17, 15) is 5.11 Å². The normalized spacial score (nSPS) is 13.8. The Morgan fingerprint density at radius 3 is 2.62 bits per heavy atom. The van der Waals surface area contributed by atoms with Crippen LogP contribution in [0.3, 0.4) is 0 Å². The summed E-state index contributed by atoms with van der Waals surface area (Å²) in [6.07, 6.45) is -0.445. The fourth-order valence-electron chi connectivity index (χ4n) is 1.42. The first-order valence-corrected chi connectivity index (χ1v) is 6.32. The van der Waals surface area contributed by atoms with E-state index in [0.717, 1.165) is 16.6 Å². The molecule has 0 spiro atoms. The fourth-order valence-corrected chi connectivity index (χ4v) is 1.83. The molecule has 1 rings (SSSR count). The van der Waals surface area contributed by atoms with Gasteiger partial charge in [-0.25, -0.2) is 0 Å². The Balaban J connectivity index is 2.44. The number of hydrogen-bond acceptors (Lipinski definition) is 2. The highest BCUT2D eigenvalue weighted by Gasteiger charge is 2.12. The molecule has 0 aromatic heterocycles. The number of hydrogen-bond donors (Lipinski definition) is 2.